The van der Waals surface area contributed by atoms with Crippen LogP contribution in [0.25, 0.3) is 10.2 Å². The Labute approximate surface area is 93.8 Å². The van der Waals surface area contributed by atoms with Gasteiger partial charge in [-0.3, -0.25) is 5.41 Å². The highest BCUT2D eigenvalue weighted by Crippen LogP contribution is 2.21. The number of halogens is 1. The lowest BCUT2D eigenvalue weighted by atomic mass is 10.3. The Hall–Kier alpha value is -1.05. The normalized spacial score (nSPS) is 10.3. The van der Waals surface area contributed by atoms with Crippen LogP contribution in [0.1, 0.15) is 0 Å². The highest BCUT2D eigenvalue weighted by Gasteiger charge is 2.03. The summed E-state index contributed by atoms with van der Waals surface area (Å²) in [5.41, 5.74) is 1.03. The van der Waals surface area contributed by atoms with Gasteiger partial charge in [0.15, 0.2) is 4.80 Å². The molecule has 0 saturated carbocycles. The Morgan fingerprint density at radius 1 is 1.57 bits per heavy atom. The van der Waals surface area contributed by atoms with Gasteiger partial charge in [-0.05, 0) is 18.2 Å². The molecule has 1 aromatic heterocycles. The molecule has 0 fully saturated rings. The van der Waals surface area contributed by atoms with Crippen molar-refractivity contribution in [3.63, 3.8) is 0 Å². The van der Waals surface area contributed by atoms with Crippen LogP contribution in [0.4, 0.5) is 0 Å². The van der Waals surface area contributed by atoms with Crippen LogP contribution in [0.5, 0.6) is 0 Å². The summed E-state index contributed by atoms with van der Waals surface area (Å²) in [6, 6.07) is 5.94. The Balaban J connectivity index is 2.79. The average molecular weight is 267 g/mol. The van der Waals surface area contributed by atoms with Gasteiger partial charge in [-0.15, -0.1) is 6.42 Å². The van der Waals surface area contributed by atoms with E-state index in [-0.39, 0.29) is 0 Å². The van der Waals surface area contributed by atoms with Crippen LogP contribution in [-0.2, 0) is 6.54 Å². The monoisotopic (exact) mass is 266 g/mol. The molecule has 1 N–H and O–H groups in total. The number of terminal acetylenes is 1. The number of nitrogens with zero attached hydrogens (tertiary/aromatic N) is 1. The zero-order chi connectivity index (χ0) is 10.1. The smallest absolute Gasteiger partial charge is 0.183 e. The van der Waals surface area contributed by atoms with Crippen molar-refractivity contribution in [1.29, 1.82) is 5.41 Å². The molecule has 0 aliphatic rings. The van der Waals surface area contributed by atoms with E-state index in [1.807, 2.05) is 22.8 Å². The highest BCUT2D eigenvalue weighted by atomic mass is 79.9. The maximum Gasteiger partial charge on any atom is 0.183 e. The minimum Gasteiger partial charge on any atom is -0.305 e. The van der Waals surface area contributed by atoms with Crippen LogP contribution in [-0.4, -0.2) is 4.57 Å². The second kappa shape index (κ2) is 3.60. The summed E-state index contributed by atoms with van der Waals surface area (Å²) in [5, 5.41) is 7.74. The van der Waals surface area contributed by atoms with Crippen molar-refractivity contribution in [2.24, 2.45) is 0 Å². The topological polar surface area (TPSA) is 28.8 Å². The summed E-state index contributed by atoms with van der Waals surface area (Å²) in [7, 11) is 0. The highest BCUT2D eigenvalue weighted by molar-refractivity contribution is 9.10. The van der Waals surface area contributed by atoms with E-state index in [1.54, 1.807) is 0 Å². The second-order valence-corrected chi connectivity index (χ2v) is 4.76. The molecule has 0 aliphatic heterocycles. The van der Waals surface area contributed by atoms with Gasteiger partial charge >= 0.3 is 0 Å². The predicted octanol–water partition coefficient (Wildman–Crippen LogP) is 2.58. The number of fused-ring (bicyclic) bond motifs is 1. The first-order chi connectivity index (χ1) is 6.72. The van der Waals surface area contributed by atoms with Crippen molar-refractivity contribution in [2.45, 2.75) is 6.54 Å². The number of thiazole rings is 1. The third-order valence-electron chi connectivity index (χ3n) is 1.91. The summed E-state index contributed by atoms with van der Waals surface area (Å²) in [5.74, 6) is 2.56. The third-order valence-corrected chi connectivity index (χ3v) is 3.37. The molecule has 0 saturated heterocycles. The minimum atomic E-state index is 0.459. The minimum absolute atomic E-state index is 0.459. The number of hydrogen-bond acceptors (Lipinski definition) is 2. The number of rotatable bonds is 1. The predicted molar refractivity (Wildman–Crippen MR) is 62.2 cm³/mol. The first kappa shape index (κ1) is 9.50. The Morgan fingerprint density at radius 3 is 3.07 bits per heavy atom. The molecule has 2 rings (SSSR count). The van der Waals surface area contributed by atoms with Gasteiger partial charge in [-0.2, -0.15) is 0 Å². The molecule has 70 valence electrons. The van der Waals surface area contributed by atoms with Crippen molar-refractivity contribution in [3.8, 4) is 12.3 Å². The van der Waals surface area contributed by atoms with Crippen LogP contribution in [0, 0.1) is 17.8 Å². The molecule has 0 spiro atoms. The van der Waals surface area contributed by atoms with Gasteiger partial charge in [0.25, 0.3) is 0 Å². The second-order valence-electron chi connectivity index (χ2n) is 2.81. The zero-order valence-electron chi connectivity index (χ0n) is 7.25. The molecule has 0 radical (unpaired) electrons. The molecule has 0 atom stereocenters. The average Bonchev–Trinajstić information content (AvgIpc) is 2.43. The van der Waals surface area contributed by atoms with Gasteiger partial charge < -0.3 is 4.57 Å². The van der Waals surface area contributed by atoms with E-state index in [9.17, 15) is 0 Å². The molecule has 0 amide bonds. The molecule has 2 aromatic rings. The van der Waals surface area contributed by atoms with Gasteiger partial charge in [-0.1, -0.05) is 33.2 Å². The van der Waals surface area contributed by atoms with Gasteiger partial charge in [0.05, 0.1) is 16.8 Å². The summed E-state index contributed by atoms with van der Waals surface area (Å²) >= 11 is 4.84. The summed E-state index contributed by atoms with van der Waals surface area (Å²) in [6.07, 6.45) is 5.25. The van der Waals surface area contributed by atoms with Gasteiger partial charge in [0, 0.05) is 4.47 Å². The Bertz CT molecular complexity index is 574. The first-order valence-electron chi connectivity index (χ1n) is 3.99. The molecule has 1 heterocycles. The molecule has 4 heteroatoms. The Kier molecular flexibility index (Phi) is 2.44. The lowest BCUT2D eigenvalue weighted by Crippen LogP contribution is -2.11. The SMILES string of the molecule is C#CCn1c(=N)sc2cc(Br)ccc21. The van der Waals surface area contributed by atoms with Gasteiger partial charge in [-0.25, -0.2) is 0 Å². The molecule has 0 aliphatic carbocycles. The lowest BCUT2D eigenvalue weighted by molar-refractivity contribution is 0.828. The van der Waals surface area contributed by atoms with Crippen LogP contribution >= 0.6 is 27.3 Å². The van der Waals surface area contributed by atoms with Crippen LogP contribution < -0.4 is 4.80 Å². The summed E-state index contributed by atoms with van der Waals surface area (Å²) < 4.78 is 3.94. The van der Waals surface area contributed by atoms with Crippen molar-refractivity contribution < 1.29 is 0 Å². The zero-order valence-corrected chi connectivity index (χ0v) is 9.65. The maximum atomic E-state index is 7.74. The fourth-order valence-corrected chi connectivity index (χ4v) is 2.77. The molecule has 14 heavy (non-hydrogen) atoms. The van der Waals surface area contributed by atoms with Crippen molar-refractivity contribution in [2.75, 3.05) is 0 Å². The summed E-state index contributed by atoms with van der Waals surface area (Å²) in [6.45, 7) is 0.459. The van der Waals surface area contributed by atoms with E-state index in [2.05, 4.69) is 21.9 Å². The van der Waals surface area contributed by atoms with Crippen LogP contribution in [0.2, 0.25) is 0 Å². The van der Waals surface area contributed by atoms with Crippen molar-refractivity contribution in [1.82, 2.24) is 4.57 Å². The van der Waals surface area contributed by atoms with E-state index < -0.39 is 0 Å². The van der Waals surface area contributed by atoms with E-state index in [0.29, 0.717) is 11.3 Å². The van der Waals surface area contributed by atoms with E-state index in [1.165, 1.54) is 11.3 Å². The molecular formula is C10H7BrN2S. The standard InChI is InChI=1S/C10H7BrN2S/c1-2-5-13-8-4-3-7(11)6-9(8)14-10(13)12/h1,3-4,6,12H,5H2. The van der Waals surface area contributed by atoms with Crippen molar-refractivity contribution in [3.05, 3.63) is 27.5 Å². The largest absolute Gasteiger partial charge is 0.305 e. The quantitative estimate of drug-likeness (QED) is 0.769. The van der Waals surface area contributed by atoms with Crippen molar-refractivity contribution >= 4 is 37.5 Å². The fourth-order valence-electron chi connectivity index (χ4n) is 1.31. The Morgan fingerprint density at radius 2 is 2.36 bits per heavy atom. The third kappa shape index (κ3) is 1.49. The molecule has 0 bridgehead atoms. The molecule has 2 nitrogen and oxygen atoms in total. The van der Waals surface area contributed by atoms with Crippen LogP contribution in [0.15, 0.2) is 22.7 Å². The number of benzene rings is 1. The molecule has 0 unspecified atom stereocenters. The molecular weight excluding hydrogens is 260 g/mol. The maximum absolute atomic E-state index is 7.74. The molecule has 1 aromatic carbocycles. The fraction of sp³-hybridized carbons (Fsp3) is 0.100. The van der Waals surface area contributed by atoms with E-state index >= 15 is 0 Å². The lowest BCUT2D eigenvalue weighted by Gasteiger charge is -1.98. The number of hydrogen-bond donors (Lipinski definition) is 1. The first-order valence-corrected chi connectivity index (χ1v) is 5.60. The van der Waals surface area contributed by atoms with E-state index in [4.69, 9.17) is 11.8 Å². The number of nitrogens with one attached hydrogen (secondary N) is 1. The summed E-state index contributed by atoms with van der Waals surface area (Å²) in [4.78, 5) is 0.496. The number of aromatic nitrogens is 1. The van der Waals surface area contributed by atoms with Crippen LogP contribution in [0.3, 0.4) is 0 Å². The van der Waals surface area contributed by atoms with Gasteiger partial charge in [0.2, 0.25) is 0 Å². The van der Waals surface area contributed by atoms with E-state index in [0.717, 1.165) is 14.7 Å². The van der Waals surface area contributed by atoms with Gasteiger partial charge in [0.1, 0.15) is 0 Å².